The van der Waals surface area contributed by atoms with Crippen molar-refractivity contribution in [1.82, 2.24) is 10.2 Å². The fourth-order valence-electron chi connectivity index (χ4n) is 4.01. The summed E-state index contributed by atoms with van der Waals surface area (Å²) in [7, 11) is 3.08. The molecule has 2 amide bonds. The van der Waals surface area contributed by atoms with Crippen molar-refractivity contribution in [2.45, 2.75) is 24.3 Å². The molecule has 1 aromatic carbocycles. The highest BCUT2D eigenvalue weighted by atomic mass is 32.2. The summed E-state index contributed by atoms with van der Waals surface area (Å²) in [6.07, 6.45) is 1.93. The maximum absolute atomic E-state index is 13.1. The van der Waals surface area contributed by atoms with Gasteiger partial charge in [0.15, 0.2) is 11.5 Å². The number of nitrogens with one attached hydrogen (secondary N) is 1. The highest BCUT2D eigenvalue weighted by molar-refractivity contribution is 7.99. The van der Waals surface area contributed by atoms with Crippen LogP contribution in [0.5, 0.6) is 11.5 Å². The third-order valence-corrected chi connectivity index (χ3v) is 6.81. The summed E-state index contributed by atoms with van der Waals surface area (Å²) in [6, 6.07) is 3.25. The van der Waals surface area contributed by atoms with Crippen LogP contribution in [0.1, 0.15) is 34.1 Å². The normalized spacial score (nSPS) is 24.5. The van der Waals surface area contributed by atoms with Crippen LogP contribution in [-0.4, -0.2) is 62.5 Å². The lowest BCUT2D eigenvalue weighted by Crippen LogP contribution is -2.47. The molecule has 2 saturated heterocycles. The summed E-state index contributed by atoms with van der Waals surface area (Å²) < 4.78 is 16.1. The van der Waals surface area contributed by atoms with Crippen LogP contribution in [-0.2, 0) is 9.53 Å². The second kappa shape index (κ2) is 7.59. The molecule has 0 unspecified atom stereocenters. The van der Waals surface area contributed by atoms with E-state index in [4.69, 9.17) is 14.2 Å². The molecule has 2 fully saturated rings. The summed E-state index contributed by atoms with van der Waals surface area (Å²) in [6.45, 7) is 2.15. The predicted octanol–water partition coefficient (Wildman–Crippen LogP) is 1.82. The van der Waals surface area contributed by atoms with E-state index in [9.17, 15) is 9.59 Å². The van der Waals surface area contributed by atoms with E-state index >= 15 is 0 Å². The maximum Gasteiger partial charge on any atom is 0.260 e. The first-order chi connectivity index (χ1) is 13.2. The summed E-state index contributed by atoms with van der Waals surface area (Å²) in [5, 5.41) is 2.90. The number of fused-ring (bicyclic) bond motifs is 3. The van der Waals surface area contributed by atoms with E-state index in [1.54, 1.807) is 23.8 Å². The molecule has 2 atom stereocenters. The number of benzene rings is 1. The van der Waals surface area contributed by atoms with E-state index in [0.29, 0.717) is 35.3 Å². The second-order valence-electron chi connectivity index (χ2n) is 6.98. The molecule has 0 aliphatic carbocycles. The Morgan fingerprint density at radius 2 is 2.07 bits per heavy atom. The van der Waals surface area contributed by atoms with Crippen molar-refractivity contribution >= 4 is 23.6 Å². The second-order valence-corrected chi connectivity index (χ2v) is 8.09. The Hall–Kier alpha value is -1.93. The average molecular weight is 392 g/mol. The van der Waals surface area contributed by atoms with Crippen LogP contribution in [0.4, 0.5) is 0 Å². The molecular weight excluding hydrogens is 368 g/mol. The first kappa shape index (κ1) is 18.4. The molecule has 0 spiro atoms. The Bertz CT molecular complexity index is 750. The first-order valence-corrected chi connectivity index (χ1v) is 10.2. The molecule has 3 aliphatic heterocycles. The van der Waals surface area contributed by atoms with Crippen LogP contribution < -0.4 is 14.8 Å². The van der Waals surface area contributed by atoms with Gasteiger partial charge >= 0.3 is 0 Å². The fourth-order valence-corrected chi connectivity index (χ4v) is 5.46. The third kappa shape index (κ3) is 3.14. The standard InChI is InChI=1S/C19H24N2O5S/c1-24-14-4-3-12-15(16(14)25-2)18(23)21-13(10-27-19(12)21)17(22)20-9-11-5-7-26-8-6-11/h3-4,11,13,19H,5-10H2,1-2H3,(H,20,22)/t13-,19+/m1/s1. The van der Waals surface area contributed by atoms with E-state index in [2.05, 4.69) is 5.32 Å². The number of amides is 2. The van der Waals surface area contributed by atoms with Gasteiger partial charge in [-0.15, -0.1) is 11.8 Å². The Labute approximate surface area is 162 Å². The van der Waals surface area contributed by atoms with Gasteiger partial charge in [-0.25, -0.2) is 0 Å². The van der Waals surface area contributed by atoms with Gasteiger partial charge in [0.05, 0.1) is 19.8 Å². The molecule has 8 heteroatoms. The maximum atomic E-state index is 13.1. The number of hydrogen-bond donors (Lipinski definition) is 1. The van der Waals surface area contributed by atoms with Gasteiger partial charge < -0.3 is 24.4 Å². The van der Waals surface area contributed by atoms with Crippen molar-refractivity contribution in [2.24, 2.45) is 5.92 Å². The summed E-state index contributed by atoms with van der Waals surface area (Å²) in [5.41, 5.74) is 1.40. The highest BCUT2D eigenvalue weighted by Crippen LogP contribution is 2.52. The SMILES string of the molecule is COc1ccc2c(c1OC)C(=O)N1[C@@H](C(=O)NCC3CCOCC3)CS[C@@H]21. The fraction of sp³-hybridized carbons (Fsp3) is 0.579. The summed E-state index contributed by atoms with van der Waals surface area (Å²) >= 11 is 1.62. The lowest BCUT2D eigenvalue weighted by atomic mass is 10.0. The zero-order valence-corrected chi connectivity index (χ0v) is 16.3. The number of methoxy groups -OCH3 is 2. The van der Waals surface area contributed by atoms with Gasteiger partial charge in [0, 0.05) is 31.1 Å². The van der Waals surface area contributed by atoms with E-state index in [0.717, 1.165) is 31.6 Å². The van der Waals surface area contributed by atoms with Crippen LogP contribution in [0.15, 0.2) is 12.1 Å². The minimum absolute atomic E-state index is 0.0800. The van der Waals surface area contributed by atoms with Crippen molar-refractivity contribution in [1.29, 1.82) is 0 Å². The third-order valence-electron chi connectivity index (χ3n) is 5.50. The van der Waals surface area contributed by atoms with E-state index < -0.39 is 6.04 Å². The van der Waals surface area contributed by atoms with Crippen molar-refractivity contribution in [3.8, 4) is 11.5 Å². The molecule has 7 nitrogen and oxygen atoms in total. The van der Waals surface area contributed by atoms with E-state index in [1.165, 1.54) is 7.11 Å². The van der Waals surface area contributed by atoms with Gasteiger partial charge in [-0.3, -0.25) is 9.59 Å². The van der Waals surface area contributed by atoms with Gasteiger partial charge in [-0.2, -0.15) is 0 Å². The molecule has 146 valence electrons. The summed E-state index contributed by atoms with van der Waals surface area (Å²) in [5.74, 6) is 1.77. The van der Waals surface area contributed by atoms with Crippen molar-refractivity contribution < 1.29 is 23.8 Å². The molecule has 0 radical (unpaired) electrons. The molecule has 1 N–H and O–H groups in total. The van der Waals surface area contributed by atoms with Crippen LogP contribution in [0.2, 0.25) is 0 Å². The zero-order valence-electron chi connectivity index (χ0n) is 15.5. The van der Waals surface area contributed by atoms with Gasteiger partial charge in [-0.1, -0.05) is 6.07 Å². The molecule has 1 aromatic rings. The lowest BCUT2D eigenvalue weighted by molar-refractivity contribution is -0.125. The monoisotopic (exact) mass is 392 g/mol. The van der Waals surface area contributed by atoms with Crippen molar-refractivity contribution in [3.05, 3.63) is 23.3 Å². The molecule has 27 heavy (non-hydrogen) atoms. The number of nitrogens with zero attached hydrogens (tertiary/aromatic N) is 1. The Morgan fingerprint density at radius 1 is 1.30 bits per heavy atom. The van der Waals surface area contributed by atoms with Crippen molar-refractivity contribution in [2.75, 3.05) is 39.7 Å². The molecule has 3 heterocycles. The molecular formula is C19H24N2O5S. The quantitative estimate of drug-likeness (QED) is 0.824. The van der Waals surface area contributed by atoms with Gasteiger partial charge in [0.1, 0.15) is 11.4 Å². The number of hydrogen-bond acceptors (Lipinski definition) is 6. The first-order valence-electron chi connectivity index (χ1n) is 9.20. The van der Waals surface area contributed by atoms with Crippen LogP contribution in [0.3, 0.4) is 0 Å². The molecule has 3 aliphatic rings. The number of rotatable bonds is 5. The number of carbonyl (C=O) groups is 2. The lowest BCUT2D eigenvalue weighted by Gasteiger charge is -2.25. The van der Waals surface area contributed by atoms with Crippen molar-refractivity contribution in [3.63, 3.8) is 0 Å². The topological polar surface area (TPSA) is 77.1 Å². The number of carbonyl (C=O) groups excluding carboxylic acids is 2. The van der Waals surface area contributed by atoms with E-state index in [1.807, 2.05) is 12.1 Å². The Kier molecular flexibility index (Phi) is 5.19. The van der Waals surface area contributed by atoms with Crippen LogP contribution >= 0.6 is 11.8 Å². The number of thioether (sulfide) groups is 1. The smallest absolute Gasteiger partial charge is 0.260 e. The van der Waals surface area contributed by atoms with E-state index in [-0.39, 0.29) is 17.2 Å². The summed E-state index contributed by atoms with van der Waals surface area (Å²) in [4.78, 5) is 27.6. The zero-order chi connectivity index (χ0) is 19.0. The molecule has 0 saturated carbocycles. The van der Waals surface area contributed by atoms with Gasteiger partial charge in [0.25, 0.3) is 5.91 Å². The van der Waals surface area contributed by atoms with Gasteiger partial charge in [-0.05, 0) is 24.8 Å². The van der Waals surface area contributed by atoms with Gasteiger partial charge in [0.2, 0.25) is 5.91 Å². The minimum atomic E-state index is -0.463. The highest BCUT2D eigenvalue weighted by Gasteiger charge is 2.50. The average Bonchev–Trinajstić information content (AvgIpc) is 3.26. The number of ether oxygens (including phenoxy) is 3. The van der Waals surface area contributed by atoms with Crippen LogP contribution in [0.25, 0.3) is 0 Å². The molecule has 4 rings (SSSR count). The molecule has 0 bridgehead atoms. The largest absolute Gasteiger partial charge is 0.493 e. The van der Waals surface area contributed by atoms with Crippen LogP contribution in [0, 0.1) is 5.92 Å². The predicted molar refractivity (Wildman–Crippen MR) is 101 cm³/mol. The Morgan fingerprint density at radius 3 is 2.78 bits per heavy atom. The minimum Gasteiger partial charge on any atom is -0.493 e. The molecule has 0 aromatic heterocycles. The Balaban J connectivity index is 1.51.